The summed E-state index contributed by atoms with van der Waals surface area (Å²) in [6.07, 6.45) is -4.06. The number of anilines is 1. The molecule has 1 rings (SSSR count). The predicted octanol–water partition coefficient (Wildman–Crippen LogP) is 2.09. The van der Waals surface area contributed by atoms with Gasteiger partial charge in [0.05, 0.1) is 11.9 Å². The monoisotopic (exact) mass is 237 g/mol. The van der Waals surface area contributed by atoms with Gasteiger partial charge in [-0.1, -0.05) is 11.6 Å². The summed E-state index contributed by atoms with van der Waals surface area (Å²) in [6, 6.07) is 1.50. The number of hydrogen-bond donors (Lipinski definition) is 1. The van der Waals surface area contributed by atoms with Gasteiger partial charge in [0.2, 0.25) is 0 Å². The number of nitrogens with two attached hydrogens (primary N) is 1. The Morgan fingerprint density at radius 3 is 2.60 bits per heavy atom. The van der Waals surface area contributed by atoms with E-state index in [1.807, 2.05) is 0 Å². The lowest BCUT2D eigenvalue weighted by Crippen LogP contribution is -2.18. The first-order valence-corrected chi connectivity index (χ1v) is 3.82. The van der Waals surface area contributed by atoms with E-state index in [1.165, 1.54) is 6.07 Å². The lowest BCUT2D eigenvalue weighted by molar-refractivity contribution is -0.274. The van der Waals surface area contributed by atoms with Crippen molar-refractivity contribution >= 4 is 17.3 Å². The van der Waals surface area contributed by atoms with E-state index in [0.717, 1.165) is 6.20 Å². The zero-order valence-corrected chi connectivity index (χ0v) is 7.73. The molecule has 0 aliphatic rings. The highest BCUT2D eigenvalue weighted by atomic mass is 35.5. The Kier molecular flexibility index (Phi) is 2.90. The van der Waals surface area contributed by atoms with Gasteiger partial charge in [0.25, 0.3) is 0 Å². The van der Waals surface area contributed by atoms with Gasteiger partial charge in [-0.2, -0.15) is 5.26 Å². The van der Waals surface area contributed by atoms with E-state index >= 15 is 0 Å². The molecule has 0 radical (unpaired) electrons. The largest absolute Gasteiger partial charge is 0.573 e. The topological polar surface area (TPSA) is 71.9 Å². The van der Waals surface area contributed by atoms with Crippen molar-refractivity contribution in [3.63, 3.8) is 0 Å². The zero-order chi connectivity index (χ0) is 11.6. The Morgan fingerprint density at radius 1 is 1.53 bits per heavy atom. The van der Waals surface area contributed by atoms with Crippen molar-refractivity contribution in [1.82, 2.24) is 4.98 Å². The molecule has 0 aliphatic carbocycles. The standard InChI is InChI=1S/C7H3ClF3N3O/c8-5-4(1-12)14-2-3(13)6(5)15-7(9,10)11/h2H,13H2. The molecule has 0 unspecified atom stereocenters. The van der Waals surface area contributed by atoms with Crippen molar-refractivity contribution in [3.05, 3.63) is 16.9 Å². The second-order valence-electron chi connectivity index (χ2n) is 2.36. The molecule has 4 nitrogen and oxygen atoms in total. The number of hydrogen-bond acceptors (Lipinski definition) is 4. The van der Waals surface area contributed by atoms with Crippen LogP contribution in [0.25, 0.3) is 0 Å². The minimum absolute atomic E-state index is 0.384. The summed E-state index contributed by atoms with van der Waals surface area (Å²) in [5.41, 5.74) is 4.39. The van der Waals surface area contributed by atoms with Gasteiger partial charge in [0.1, 0.15) is 11.1 Å². The van der Waals surface area contributed by atoms with Crippen LogP contribution in [0.2, 0.25) is 5.02 Å². The maximum atomic E-state index is 11.9. The van der Waals surface area contributed by atoms with Crippen LogP contribution in [0.4, 0.5) is 18.9 Å². The zero-order valence-electron chi connectivity index (χ0n) is 6.97. The van der Waals surface area contributed by atoms with E-state index in [-0.39, 0.29) is 5.69 Å². The number of ether oxygens (including phenoxy) is 1. The normalized spacial score (nSPS) is 10.9. The number of alkyl halides is 3. The highest BCUT2D eigenvalue weighted by Gasteiger charge is 2.33. The summed E-state index contributed by atoms with van der Waals surface area (Å²) >= 11 is 5.43. The van der Waals surface area contributed by atoms with Crippen LogP contribution in [0.1, 0.15) is 5.69 Å². The molecule has 80 valence electrons. The number of rotatable bonds is 1. The number of pyridine rings is 1. The van der Waals surface area contributed by atoms with Crippen LogP contribution >= 0.6 is 11.6 Å². The summed E-state index contributed by atoms with van der Waals surface area (Å²) in [4.78, 5) is 3.42. The van der Waals surface area contributed by atoms with Gasteiger partial charge in [0.15, 0.2) is 11.4 Å². The van der Waals surface area contributed by atoms with Crippen LogP contribution in [-0.2, 0) is 0 Å². The molecule has 0 aliphatic heterocycles. The smallest absolute Gasteiger partial charge is 0.402 e. The van der Waals surface area contributed by atoms with Crippen LogP contribution < -0.4 is 10.5 Å². The first kappa shape index (κ1) is 11.4. The van der Waals surface area contributed by atoms with Crippen molar-refractivity contribution in [3.8, 4) is 11.8 Å². The molecule has 0 atom stereocenters. The fraction of sp³-hybridized carbons (Fsp3) is 0.143. The number of aromatic nitrogens is 1. The van der Waals surface area contributed by atoms with E-state index in [9.17, 15) is 13.2 Å². The van der Waals surface area contributed by atoms with Gasteiger partial charge in [-0.15, -0.1) is 13.2 Å². The molecule has 0 amide bonds. The van der Waals surface area contributed by atoms with Crippen LogP contribution in [0, 0.1) is 11.3 Å². The number of nitriles is 1. The van der Waals surface area contributed by atoms with E-state index in [0.29, 0.717) is 0 Å². The SMILES string of the molecule is N#Cc1ncc(N)c(OC(F)(F)F)c1Cl. The Labute approximate surface area is 87.0 Å². The van der Waals surface area contributed by atoms with E-state index in [2.05, 4.69) is 9.72 Å². The quantitative estimate of drug-likeness (QED) is 0.812. The van der Waals surface area contributed by atoms with Gasteiger partial charge >= 0.3 is 6.36 Å². The third-order valence-corrected chi connectivity index (χ3v) is 1.68. The first-order valence-electron chi connectivity index (χ1n) is 3.45. The molecule has 1 aromatic heterocycles. The Balaban J connectivity index is 3.23. The lowest BCUT2D eigenvalue weighted by atomic mass is 10.3. The van der Waals surface area contributed by atoms with Crippen molar-refractivity contribution in [2.45, 2.75) is 6.36 Å². The molecule has 1 aromatic rings. The van der Waals surface area contributed by atoms with E-state index in [1.54, 1.807) is 0 Å². The highest BCUT2D eigenvalue weighted by molar-refractivity contribution is 6.33. The first-order chi connectivity index (χ1) is 6.85. The summed E-state index contributed by atoms with van der Waals surface area (Å²) in [6.45, 7) is 0. The maximum Gasteiger partial charge on any atom is 0.573 e. The summed E-state index contributed by atoms with van der Waals surface area (Å²) in [7, 11) is 0. The molecule has 0 fully saturated rings. The average molecular weight is 238 g/mol. The van der Waals surface area contributed by atoms with Crippen molar-refractivity contribution in [1.29, 1.82) is 5.26 Å². The third kappa shape index (κ3) is 2.63. The van der Waals surface area contributed by atoms with Crippen molar-refractivity contribution < 1.29 is 17.9 Å². The highest BCUT2D eigenvalue weighted by Crippen LogP contribution is 2.36. The fourth-order valence-corrected chi connectivity index (χ4v) is 1.02. The molecule has 0 aromatic carbocycles. The predicted molar refractivity (Wildman–Crippen MR) is 45.1 cm³/mol. The molecule has 8 heteroatoms. The Bertz CT molecular complexity index is 427. The third-order valence-electron chi connectivity index (χ3n) is 1.33. The molecule has 0 spiro atoms. The molecule has 0 saturated heterocycles. The number of nitrogen functional groups attached to an aromatic ring is 1. The fourth-order valence-electron chi connectivity index (χ4n) is 0.781. The summed E-state index contributed by atoms with van der Waals surface area (Å²) < 4.78 is 39.2. The van der Waals surface area contributed by atoms with Gasteiger partial charge in [-0.3, -0.25) is 0 Å². The van der Waals surface area contributed by atoms with Gasteiger partial charge < -0.3 is 10.5 Å². The number of halogens is 4. The van der Waals surface area contributed by atoms with Crippen molar-refractivity contribution in [2.75, 3.05) is 5.73 Å². The van der Waals surface area contributed by atoms with Gasteiger partial charge in [0, 0.05) is 0 Å². The maximum absolute atomic E-state index is 11.9. The average Bonchev–Trinajstić information content (AvgIpc) is 2.11. The molecule has 2 N–H and O–H groups in total. The molecule has 15 heavy (non-hydrogen) atoms. The summed E-state index contributed by atoms with van der Waals surface area (Å²) in [5, 5.41) is 7.90. The minimum atomic E-state index is -4.92. The van der Waals surface area contributed by atoms with Gasteiger partial charge in [-0.05, 0) is 0 Å². The van der Waals surface area contributed by atoms with Crippen LogP contribution in [0.3, 0.4) is 0 Å². The van der Waals surface area contributed by atoms with Gasteiger partial charge in [-0.25, -0.2) is 4.98 Å². The Morgan fingerprint density at radius 2 is 2.13 bits per heavy atom. The Hall–Kier alpha value is -1.68. The number of nitrogens with zero attached hydrogens (tertiary/aromatic N) is 2. The molecule has 1 heterocycles. The molecular weight excluding hydrogens is 235 g/mol. The van der Waals surface area contributed by atoms with Crippen LogP contribution in [0.15, 0.2) is 6.20 Å². The molecule has 0 bridgehead atoms. The van der Waals surface area contributed by atoms with Crippen molar-refractivity contribution in [2.24, 2.45) is 0 Å². The van der Waals surface area contributed by atoms with Crippen LogP contribution in [0.5, 0.6) is 5.75 Å². The molecule has 0 saturated carbocycles. The van der Waals surface area contributed by atoms with E-state index < -0.39 is 22.8 Å². The second-order valence-corrected chi connectivity index (χ2v) is 2.74. The minimum Gasteiger partial charge on any atom is -0.402 e. The second kappa shape index (κ2) is 3.82. The lowest BCUT2D eigenvalue weighted by Gasteiger charge is -2.12. The van der Waals surface area contributed by atoms with Crippen LogP contribution in [-0.4, -0.2) is 11.3 Å². The van der Waals surface area contributed by atoms with E-state index in [4.69, 9.17) is 22.6 Å². The molecular formula is C7H3ClF3N3O. The summed E-state index contributed by atoms with van der Waals surface area (Å²) in [5.74, 6) is -0.810.